The Morgan fingerprint density at radius 1 is 1.28 bits per heavy atom. The predicted molar refractivity (Wildman–Crippen MR) is 74.1 cm³/mol. The van der Waals surface area contributed by atoms with E-state index >= 15 is 0 Å². The molecule has 0 bridgehead atoms. The molecule has 0 aliphatic carbocycles. The number of aromatic amines is 1. The third-order valence-corrected chi connectivity index (χ3v) is 3.00. The molecule has 4 nitrogen and oxygen atoms in total. The standard InChI is InChI=1S/C14H20N4/c1-11-3-5-12(6-4-11)14-13(9-16-17-14)10-18(2)8-7-15/h3-6,9H,7-8,10,15H2,1-2H3,(H,16,17). The molecule has 0 radical (unpaired) electrons. The quantitative estimate of drug-likeness (QED) is 0.843. The number of hydrogen-bond donors (Lipinski definition) is 2. The minimum absolute atomic E-state index is 0.675. The van der Waals surface area contributed by atoms with Crippen LogP contribution in [0.5, 0.6) is 0 Å². The van der Waals surface area contributed by atoms with Gasteiger partial charge >= 0.3 is 0 Å². The normalized spacial score (nSPS) is 11.1. The molecule has 0 spiro atoms. The van der Waals surface area contributed by atoms with E-state index in [-0.39, 0.29) is 0 Å². The molecular formula is C14H20N4. The fourth-order valence-electron chi connectivity index (χ4n) is 1.99. The van der Waals surface area contributed by atoms with Crippen LogP contribution in [0.15, 0.2) is 30.5 Å². The third-order valence-electron chi connectivity index (χ3n) is 3.00. The molecule has 0 fully saturated rings. The van der Waals surface area contributed by atoms with E-state index in [1.165, 1.54) is 11.1 Å². The van der Waals surface area contributed by atoms with Gasteiger partial charge in [0.1, 0.15) is 0 Å². The van der Waals surface area contributed by atoms with Gasteiger partial charge in [0, 0.05) is 37.0 Å². The van der Waals surface area contributed by atoms with Crippen LogP contribution in [0, 0.1) is 6.92 Å². The first kappa shape index (κ1) is 12.8. The highest BCUT2D eigenvalue weighted by Crippen LogP contribution is 2.22. The Hall–Kier alpha value is -1.65. The first-order chi connectivity index (χ1) is 8.70. The molecule has 0 amide bonds. The van der Waals surface area contributed by atoms with Crippen molar-refractivity contribution in [3.63, 3.8) is 0 Å². The fourth-order valence-corrected chi connectivity index (χ4v) is 1.99. The van der Waals surface area contributed by atoms with Crippen LogP contribution in [0.1, 0.15) is 11.1 Å². The van der Waals surface area contributed by atoms with E-state index in [2.05, 4.69) is 53.3 Å². The van der Waals surface area contributed by atoms with E-state index < -0.39 is 0 Å². The second-order valence-corrected chi connectivity index (χ2v) is 4.65. The molecule has 0 saturated carbocycles. The summed E-state index contributed by atoms with van der Waals surface area (Å²) >= 11 is 0. The maximum absolute atomic E-state index is 5.56. The summed E-state index contributed by atoms with van der Waals surface area (Å²) in [4.78, 5) is 2.20. The number of nitrogens with two attached hydrogens (primary N) is 1. The van der Waals surface area contributed by atoms with Crippen molar-refractivity contribution >= 4 is 0 Å². The second kappa shape index (κ2) is 5.80. The predicted octanol–water partition coefficient (Wildman–Crippen LogP) is 1.78. The van der Waals surface area contributed by atoms with E-state index in [1.807, 2.05) is 6.20 Å². The van der Waals surface area contributed by atoms with Crippen molar-refractivity contribution in [3.8, 4) is 11.3 Å². The van der Waals surface area contributed by atoms with Crippen molar-refractivity contribution in [1.82, 2.24) is 15.1 Å². The largest absolute Gasteiger partial charge is 0.329 e. The average molecular weight is 244 g/mol. The molecular weight excluding hydrogens is 224 g/mol. The summed E-state index contributed by atoms with van der Waals surface area (Å²) in [5.74, 6) is 0. The Kier molecular flexibility index (Phi) is 4.12. The van der Waals surface area contributed by atoms with Gasteiger partial charge in [0.25, 0.3) is 0 Å². The molecule has 2 rings (SSSR count). The Bertz CT molecular complexity index is 487. The van der Waals surface area contributed by atoms with E-state index in [4.69, 9.17) is 5.73 Å². The summed E-state index contributed by atoms with van der Waals surface area (Å²) in [6, 6.07) is 8.44. The minimum atomic E-state index is 0.675. The highest BCUT2D eigenvalue weighted by Gasteiger charge is 2.10. The number of aryl methyl sites for hydroxylation is 1. The van der Waals surface area contributed by atoms with Crippen molar-refractivity contribution in [2.75, 3.05) is 20.1 Å². The van der Waals surface area contributed by atoms with Gasteiger partial charge in [-0.3, -0.25) is 5.10 Å². The number of H-pyrrole nitrogens is 1. The lowest BCUT2D eigenvalue weighted by atomic mass is 10.1. The summed E-state index contributed by atoms with van der Waals surface area (Å²) < 4.78 is 0. The van der Waals surface area contributed by atoms with E-state index in [9.17, 15) is 0 Å². The summed E-state index contributed by atoms with van der Waals surface area (Å²) in [6.07, 6.45) is 1.96. The van der Waals surface area contributed by atoms with Crippen LogP contribution < -0.4 is 5.73 Å². The van der Waals surface area contributed by atoms with Crippen molar-refractivity contribution in [3.05, 3.63) is 41.6 Å². The molecule has 3 N–H and O–H groups in total. The van der Waals surface area contributed by atoms with Gasteiger partial charge in [0.05, 0.1) is 5.69 Å². The lowest BCUT2D eigenvalue weighted by molar-refractivity contribution is 0.337. The average Bonchev–Trinajstić information content (AvgIpc) is 2.78. The number of nitrogens with one attached hydrogen (secondary N) is 1. The molecule has 0 unspecified atom stereocenters. The van der Waals surface area contributed by atoms with Gasteiger partial charge in [-0.25, -0.2) is 0 Å². The summed E-state index contributed by atoms with van der Waals surface area (Å²) in [6.45, 7) is 4.51. The number of benzene rings is 1. The minimum Gasteiger partial charge on any atom is -0.329 e. The molecule has 1 aromatic carbocycles. The summed E-state index contributed by atoms with van der Waals surface area (Å²) in [5, 5.41) is 7.30. The molecule has 4 heteroatoms. The Labute approximate surface area is 108 Å². The van der Waals surface area contributed by atoms with Crippen LogP contribution in [0.2, 0.25) is 0 Å². The van der Waals surface area contributed by atoms with E-state index in [1.54, 1.807) is 0 Å². The zero-order chi connectivity index (χ0) is 13.0. The number of aromatic nitrogens is 2. The molecule has 0 aliphatic rings. The second-order valence-electron chi connectivity index (χ2n) is 4.65. The molecule has 96 valence electrons. The third kappa shape index (κ3) is 2.97. The number of likely N-dealkylation sites (N-methyl/N-ethyl adjacent to an activating group) is 1. The highest BCUT2D eigenvalue weighted by molar-refractivity contribution is 5.62. The zero-order valence-corrected chi connectivity index (χ0v) is 11.0. The Balaban J connectivity index is 2.19. The first-order valence-corrected chi connectivity index (χ1v) is 6.19. The lowest BCUT2D eigenvalue weighted by Gasteiger charge is -2.15. The van der Waals surface area contributed by atoms with Gasteiger partial charge in [-0.15, -0.1) is 0 Å². The molecule has 1 aromatic heterocycles. The monoisotopic (exact) mass is 244 g/mol. The zero-order valence-electron chi connectivity index (χ0n) is 11.0. The molecule has 1 heterocycles. The smallest absolute Gasteiger partial charge is 0.0965 e. The van der Waals surface area contributed by atoms with Crippen LogP contribution in [0.25, 0.3) is 11.3 Å². The Morgan fingerprint density at radius 3 is 2.67 bits per heavy atom. The van der Waals surface area contributed by atoms with Crippen LogP contribution in [-0.4, -0.2) is 35.2 Å². The van der Waals surface area contributed by atoms with Crippen LogP contribution >= 0.6 is 0 Å². The van der Waals surface area contributed by atoms with Gasteiger partial charge < -0.3 is 10.6 Å². The maximum Gasteiger partial charge on any atom is 0.0965 e. The van der Waals surface area contributed by atoms with Crippen LogP contribution in [-0.2, 0) is 6.54 Å². The molecule has 18 heavy (non-hydrogen) atoms. The van der Waals surface area contributed by atoms with E-state index in [0.717, 1.165) is 24.3 Å². The lowest BCUT2D eigenvalue weighted by Crippen LogP contribution is -2.25. The first-order valence-electron chi connectivity index (χ1n) is 6.19. The van der Waals surface area contributed by atoms with Crippen molar-refractivity contribution in [2.24, 2.45) is 5.73 Å². The van der Waals surface area contributed by atoms with Gasteiger partial charge in [-0.05, 0) is 14.0 Å². The maximum atomic E-state index is 5.56. The number of hydrogen-bond acceptors (Lipinski definition) is 3. The van der Waals surface area contributed by atoms with Crippen molar-refractivity contribution in [2.45, 2.75) is 13.5 Å². The summed E-state index contributed by atoms with van der Waals surface area (Å²) in [5.41, 5.74) is 10.2. The molecule has 0 aliphatic heterocycles. The fraction of sp³-hybridized carbons (Fsp3) is 0.357. The van der Waals surface area contributed by atoms with Gasteiger partial charge in [-0.2, -0.15) is 5.10 Å². The van der Waals surface area contributed by atoms with E-state index in [0.29, 0.717) is 6.54 Å². The van der Waals surface area contributed by atoms with Gasteiger partial charge in [0.15, 0.2) is 0 Å². The SMILES string of the molecule is Cc1ccc(-c2n[nH]cc2CN(C)CCN)cc1. The summed E-state index contributed by atoms with van der Waals surface area (Å²) in [7, 11) is 2.07. The van der Waals surface area contributed by atoms with Crippen molar-refractivity contribution in [1.29, 1.82) is 0 Å². The highest BCUT2D eigenvalue weighted by atomic mass is 15.1. The number of nitrogens with zero attached hydrogens (tertiary/aromatic N) is 2. The molecule has 2 aromatic rings. The van der Waals surface area contributed by atoms with Crippen LogP contribution in [0.3, 0.4) is 0 Å². The number of rotatable bonds is 5. The molecule has 0 atom stereocenters. The van der Waals surface area contributed by atoms with Crippen LogP contribution in [0.4, 0.5) is 0 Å². The van der Waals surface area contributed by atoms with Gasteiger partial charge in [-0.1, -0.05) is 29.8 Å². The molecule has 0 saturated heterocycles. The van der Waals surface area contributed by atoms with Gasteiger partial charge in [0.2, 0.25) is 0 Å². The topological polar surface area (TPSA) is 57.9 Å². The van der Waals surface area contributed by atoms with Crippen molar-refractivity contribution < 1.29 is 0 Å². The Morgan fingerprint density at radius 2 is 2.00 bits per heavy atom.